The molecule has 3 N–H and O–H groups in total. The average Bonchev–Trinajstić information content (AvgIpc) is 2.93. The van der Waals surface area contributed by atoms with Crippen LogP contribution >= 0.6 is 0 Å². The number of carbonyl (C=O) groups is 4. The third-order valence-corrected chi connectivity index (χ3v) is 5.55. The van der Waals surface area contributed by atoms with Gasteiger partial charge in [-0.25, -0.2) is 4.79 Å². The molecule has 0 radical (unpaired) electrons. The van der Waals surface area contributed by atoms with Gasteiger partial charge in [-0.15, -0.1) is 0 Å². The van der Waals surface area contributed by atoms with E-state index in [2.05, 4.69) is 16.0 Å². The van der Waals surface area contributed by atoms with E-state index in [1.807, 2.05) is 25.7 Å². The van der Waals surface area contributed by atoms with Crippen molar-refractivity contribution in [3.8, 4) is 0 Å². The predicted molar refractivity (Wildman–Crippen MR) is 108 cm³/mol. The molecule has 1 aromatic carbocycles. The summed E-state index contributed by atoms with van der Waals surface area (Å²) in [6.07, 6.45) is 1.23. The van der Waals surface area contributed by atoms with Crippen molar-refractivity contribution in [2.45, 2.75) is 46.1 Å². The minimum atomic E-state index is -1.17. The molecule has 5 amide bonds. The van der Waals surface area contributed by atoms with Crippen LogP contribution in [0.3, 0.4) is 0 Å². The van der Waals surface area contributed by atoms with E-state index in [-0.39, 0.29) is 17.7 Å². The van der Waals surface area contributed by atoms with Gasteiger partial charge in [-0.2, -0.15) is 0 Å². The van der Waals surface area contributed by atoms with Crippen LogP contribution in [0.15, 0.2) is 24.3 Å². The molecule has 2 fully saturated rings. The molecule has 0 aromatic heterocycles. The second-order valence-corrected chi connectivity index (χ2v) is 8.92. The zero-order valence-corrected chi connectivity index (χ0v) is 17.3. The van der Waals surface area contributed by atoms with E-state index >= 15 is 0 Å². The van der Waals surface area contributed by atoms with E-state index in [0.29, 0.717) is 37.2 Å². The highest BCUT2D eigenvalue weighted by atomic mass is 16.2. The van der Waals surface area contributed by atoms with Crippen molar-refractivity contribution in [2.75, 3.05) is 18.4 Å². The number of carbonyl (C=O) groups excluding carboxylic acids is 4. The maximum Gasteiger partial charge on any atom is 0.322 e. The second-order valence-electron chi connectivity index (χ2n) is 8.92. The van der Waals surface area contributed by atoms with E-state index in [9.17, 15) is 19.2 Å². The molecule has 8 nitrogen and oxygen atoms in total. The Balaban J connectivity index is 1.63. The first kappa shape index (κ1) is 20.8. The first-order valence-corrected chi connectivity index (χ1v) is 9.85. The molecule has 2 heterocycles. The maximum atomic E-state index is 12.7. The van der Waals surface area contributed by atoms with Gasteiger partial charge in [0, 0.05) is 30.1 Å². The van der Waals surface area contributed by atoms with Crippen LogP contribution in [0.4, 0.5) is 10.5 Å². The number of rotatable bonds is 3. The lowest BCUT2D eigenvalue weighted by atomic mass is 9.90. The Morgan fingerprint density at radius 2 is 1.83 bits per heavy atom. The molecule has 1 atom stereocenters. The summed E-state index contributed by atoms with van der Waals surface area (Å²) in [5.74, 6) is -0.598. The zero-order chi connectivity index (χ0) is 21.4. The topological polar surface area (TPSA) is 108 Å². The predicted octanol–water partition coefficient (Wildman–Crippen LogP) is 1.96. The molecule has 29 heavy (non-hydrogen) atoms. The van der Waals surface area contributed by atoms with Gasteiger partial charge in [0.05, 0.1) is 0 Å². The van der Waals surface area contributed by atoms with Gasteiger partial charge < -0.3 is 15.5 Å². The van der Waals surface area contributed by atoms with Gasteiger partial charge in [-0.1, -0.05) is 32.9 Å². The van der Waals surface area contributed by atoms with Gasteiger partial charge in [-0.3, -0.25) is 19.7 Å². The van der Waals surface area contributed by atoms with E-state index < -0.39 is 22.9 Å². The Morgan fingerprint density at radius 1 is 1.17 bits per heavy atom. The summed E-state index contributed by atoms with van der Waals surface area (Å²) in [6, 6.07) is 6.37. The molecule has 156 valence electrons. The molecule has 0 aliphatic carbocycles. The maximum absolute atomic E-state index is 12.7. The number of imide groups is 1. The smallest absolute Gasteiger partial charge is 0.322 e. The van der Waals surface area contributed by atoms with Crippen molar-refractivity contribution in [3.63, 3.8) is 0 Å². The number of likely N-dealkylation sites (tertiary alicyclic amines) is 1. The summed E-state index contributed by atoms with van der Waals surface area (Å²) < 4.78 is 0. The number of hydrogen-bond donors (Lipinski definition) is 3. The van der Waals surface area contributed by atoms with E-state index in [4.69, 9.17) is 0 Å². The van der Waals surface area contributed by atoms with Crippen LogP contribution in [0.5, 0.6) is 0 Å². The third-order valence-electron chi connectivity index (χ3n) is 5.55. The molecule has 2 aliphatic heterocycles. The highest BCUT2D eigenvalue weighted by Crippen LogP contribution is 2.28. The molecule has 0 saturated carbocycles. The summed E-state index contributed by atoms with van der Waals surface area (Å²) >= 11 is 0. The van der Waals surface area contributed by atoms with Crippen molar-refractivity contribution >= 4 is 29.4 Å². The largest absolute Gasteiger partial charge is 0.342 e. The zero-order valence-electron chi connectivity index (χ0n) is 17.3. The fourth-order valence-electron chi connectivity index (χ4n) is 3.72. The van der Waals surface area contributed by atoms with Gasteiger partial charge >= 0.3 is 6.03 Å². The van der Waals surface area contributed by atoms with Crippen LogP contribution in [-0.4, -0.2) is 41.7 Å². The first-order valence-electron chi connectivity index (χ1n) is 9.85. The van der Waals surface area contributed by atoms with Crippen LogP contribution in [0.2, 0.25) is 0 Å². The standard InChI is InChI=1S/C21H28N4O4/c1-20(2,3)18(28)25-10-8-13(9-11-25)16(26)22-15-7-5-6-14(12-15)21(4)17(27)23-19(29)24-21/h5-7,12-13H,8-11H2,1-4H3,(H,22,26)(H2,23,24,27,29)/t21-/m0/s1. The second kappa shape index (κ2) is 7.50. The first-order chi connectivity index (χ1) is 13.5. The van der Waals surface area contributed by atoms with Gasteiger partial charge in [-0.05, 0) is 37.5 Å². The summed E-state index contributed by atoms with van der Waals surface area (Å²) in [6.45, 7) is 8.45. The Kier molecular flexibility index (Phi) is 5.38. The van der Waals surface area contributed by atoms with E-state index in [1.165, 1.54) is 0 Å². The number of anilines is 1. The molecular weight excluding hydrogens is 372 g/mol. The molecule has 0 spiro atoms. The lowest BCUT2D eigenvalue weighted by Gasteiger charge is -2.35. The SMILES string of the molecule is CC(C)(C)C(=O)N1CCC(C(=O)Nc2cccc([C@]3(C)NC(=O)NC3=O)c2)CC1. The Hall–Kier alpha value is -2.90. The molecule has 1 aromatic rings. The fraction of sp³-hybridized carbons (Fsp3) is 0.524. The Labute approximate surface area is 170 Å². The van der Waals surface area contributed by atoms with Crippen LogP contribution in [-0.2, 0) is 19.9 Å². The fourth-order valence-corrected chi connectivity index (χ4v) is 3.72. The van der Waals surface area contributed by atoms with Crippen molar-refractivity contribution < 1.29 is 19.2 Å². The highest BCUT2D eigenvalue weighted by molar-refractivity contribution is 6.07. The molecule has 0 bridgehead atoms. The minimum Gasteiger partial charge on any atom is -0.342 e. The molecule has 0 unspecified atom stereocenters. The van der Waals surface area contributed by atoms with Gasteiger partial charge in [0.2, 0.25) is 11.8 Å². The van der Waals surface area contributed by atoms with E-state index in [1.54, 1.807) is 31.2 Å². The number of amides is 5. The number of hydrogen-bond acceptors (Lipinski definition) is 4. The number of urea groups is 1. The number of piperidine rings is 1. The summed E-state index contributed by atoms with van der Waals surface area (Å²) in [4.78, 5) is 50.6. The number of benzene rings is 1. The molecule has 8 heteroatoms. The van der Waals surface area contributed by atoms with Crippen LogP contribution in [0.25, 0.3) is 0 Å². The molecule has 2 saturated heterocycles. The summed E-state index contributed by atoms with van der Waals surface area (Å²) in [5.41, 5.74) is -0.440. The third kappa shape index (κ3) is 4.26. The van der Waals surface area contributed by atoms with Crippen molar-refractivity contribution in [3.05, 3.63) is 29.8 Å². The minimum absolute atomic E-state index is 0.102. The number of nitrogens with zero attached hydrogens (tertiary/aromatic N) is 1. The van der Waals surface area contributed by atoms with Gasteiger partial charge in [0.1, 0.15) is 5.54 Å². The Bertz CT molecular complexity index is 852. The normalized spacial score (nSPS) is 22.8. The van der Waals surface area contributed by atoms with Crippen molar-refractivity contribution in [1.29, 1.82) is 0 Å². The van der Waals surface area contributed by atoms with E-state index in [0.717, 1.165) is 0 Å². The quantitative estimate of drug-likeness (QED) is 0.674. The molecular formula is C21H28N4O4. The van der Waals surface area contributed by atoms with Crippen LogP contribution < -0.4 is 16.0 Å². The molecule has 3 rings (SSSR count). The Morgan fingerprint density at radius 3 is 2.38 bits per heavy atom. The van der Waals surface area contributed by atoms with Crippen LogP contribution in [0, 0.1) is 11.3 Å². The highest BCUT2D eigenvalue weighted by Gasteiger charge is 2.43. The van der Waals surface area contributed by atoms with Crippen LogP contribution in [0.1, 0.15) is 46.1 Å². The molecule has 2 aliphatic rings. The number of nitrogens with one attached hydrogen (secondary N) is 3. The van der Waals surface area contributed by atoms with Crippen molar-refractivity contribution in [2.24, 2.45) is 11.3 Å². The monoisotopic (exact) mass is 400 g/mol. The summed E-state index contributed by atoms with van der Waals surface area (Å²) in [7, 11) is 0. The lowest BCUT2D eigenvalue weighted by Crippen LogP contribution is -2.45. The average molecular weight is 400 g/mol. The van der Waals surface area contributed by atoms with Crippen molar-refractivity contribution in [1.82, 2.24) is 15.5 Å². The van der Waals surface area contributed by atoms with Gasteiger partial charge in [0.25, 0.3) is 5.91 Å². The van der Waals surface area contributed by atoms with Gasteiger partial charge in [0.15, 0.2) is 0 Å². The lowest BCUT2D eigenvalue weighted by molar-refractivity contribution is -0.142. The summed E-state index contributed by atoms with van der Waals surface area (Å²) in [5, 5.41) is 7.76.